The first-order valence-electron chi connectivity index (χ1n) is 14.9. The molecule has 0 aromatic heterocycles. The molecule has 0 spiro atoms. The Balaban J connectivity index is 1.35. The fourth-order valence-corrected chi connectivity index (χ4v) is 8.11. The lowest BCUT2D eigenvalue weighted by Crippen LogP contribution is -2.43. The Morgan fingerprint density at radius 1 is 0.792 bits per heavy atom. The molecule has 15 heteroatoms. The summed E-state index contributed by atoms with van der Waals surface area (Å²) in [5.41, 5.74) is 0.521. The SMILES string of the molecule is COc1cc(C2C3=CCC4C(=O)N(c5cccc([N+](=O)[O-])c5)C(=O)C4C3CC3C(=O)N(c4cccc([N+](=O)[O-])c4)C(=O)C32)cc(Cl)c1O. The number of hydrogen-bond acceptors (Lipinski definition) is 10. The van der Waals surface area contributed by atoms with Crippen molar-refractivity contribution in [2.24, 2.45) is 29.6 Å². The number of imide groups is 2. The molecule has 2 saturated heterocycles. The maximum Gasteiger partial charge on any atom is 0.271 e. The van der Waals surface area contributed by atoms with E-state index in [9.17, 15) is 44.5 Å². The van der Waals surface area contributed by atoms with Crippen LogP contribution in [0.2, 0.25) is 5.02 Å². The normalized spacial score (nSPS) is 26.2. The van der Waals surface area contributed by atoms with E-state index in [1.165, 1.54) is 55.6 Å². The number of anilines is 2. The van der Waals surface area contributed by atoms with Gasteiger partial charge in [0.05, 0.1) is 57.0 Å². The maximum absolute atomic E-state index is 14.3. The Hall–Kier alpha value is -5.63. The number of ether oxygens (including phenoxy) is 1. The molecular formula is C33H25ClN4O10. The van der Waals surface area contributed by atoms with E-state index in [1.54, 1.807) is 6.08 Å². The predicted octanol–water partition coefficient (Wildman–Crippen LogP) is 4.92. The number of phenolic OH excluding ortho intramolecular Hbond substituents is 1. The lowest BCUT2D eigenvalue weighted by molar-refractivity contribution is -0.385. The standard InChI is InChI=1S/C33H25ClN4O10/c1-48-25-11-15(10-24(34)29(25)39)26-20-8-9-21-27(32(42)35(30(21)40)16-4-2-6-18(12-16)37(44)45)22(20)14-23-28(26)33(43)36(31(23)41)17-5-3-7-19(13-17)38(46)47/h2-8,10-13,21-23,26-28,39H,9,14H2,1H3. The zero-order valence-corrected chi connectivity index (χ0v) is 25.8. The van der Waals surface area contributed by atoms with E-state index in [0.29, 0.717) is 11.1 Å². The monoisotopic (exact) mass is 672 g/mol. The van der Waals surface area contributed by atoms with Gasteiger partial charge in [-0.25, -0.2) is 9.80 Å². The molecule has 3 aromatic rings. The van der Waals surface area contributed by atoms with Crippen molar-refractivity contribution in [1.82, 2.24) is 0 Å². The van der Waals surface area contributed by atoms with E-state index >= 15 is 0 Å². The van der Waals surface area contributed by atoms with Crippen LogP contribution < -0.4 is 14.5 Å². The number of amides is 4. The zero-order chi connectivity index (χ0) is 34.2. The second kappa shape index (κ2) is 11.3. The van der Waals surface area contributed by atoms with E-state index in [1.807, 2.05) is 0 Å². The summed E-state index contributed by atoms with van der Waals surface area (Å²) < 4.78 is 5.34. The molecule has 0 bridgehead atoms. The van der Waals surface area contributed by atoms with Gasteiger partial charge in [0.1, 0.15) is 0 Å². The van der Waals surface area contributed by atoms with Crippen molar-refractivity contribution in [3.05, 3.63) is 103 Å². The number of methoxy groups -OCH3 is 1. The third-order valence-electron chi connectivity index (χ3n) is 9.88. The molecule has 7 rings (SSSR count). The molecule has 4 aliphatic rings. The van der Waals surface area contributed by atoms with Crippen molar-refractivity contribution in [3.63, 3.8) is 0 Å². The molecule has 6 unspecified atom stereocenters. The molecular weight excluding hydrogens is 648 g/mol. The third kappa shape index (κ3) is 4.54. The summed E-state index contributed by atoms with van der Waals surface area (Å²) in [5, 5.41) is 33.4. The molecule has 1 saturated carbocycles. The van der Waals surface area contributed by atoms with Crippen LogP contribution in [0.25, 0.3) is 0 Å². The lowest BCUT2D eigenvalue weighted by Gasteiger charge is -2.44. The van der Waals surface area contributed by atoms with Crippen LogP contribution in [-0.4, -0.2) is 45.7 Å². The Morgan fingerprint density at radius 3 is 1.92 bits per heavy atom. The average molecular weight is 673 g/mol. The number of nitro benzene ring substituents is 2. The first-order chi connectivity index (χ1) is 22.9. The molecule has 3 fully saturated rings. The van der Waals surface area contributed by atoms with Crippen LogP contribution in [0.4, 0.5) is 22.7 Å². The summed E-state index contributed by atoms with van der Waals surface area (Å²) in [6, 6.07) is 13.4. The number of fused-ring (bicyclic) bond motifs is 4. The number of hydrogen-bond donors (Lipinski definition) is 1. The number of aromatic hydroxyl groups is 1. The second-order valence-corrected chi connectivity index (χ2v) is 12.6. The van der Waals surface area contributed by atoms with Gasteiger partial charge in [-0.15, -0.1) is 0 Å². The molecule has 2 heterocycles. The first kappa shape index (κ1) is 31.0. The average Bonchev–Trinajstić information content (AvgIpc) is 3.48. The zero-order valence-electron chi connectivity index (χ0n) is 25.0. The molecule has 0 radical (unpaired) electrons. The smallest absolute Gasteiger partial charge is 0.271 e. The molecule has 6 atom stereocenters. The van der Waals surface area contributed by atoms with Crippen molar-refractivity contribution in [2.75, 3.05) is 16.9 Å². The van der Waals surface area contributed by atoms with Crippen LogP contribution in [0, 0.1) is 49.8 Å². The Labute approximate surface area is 276 Å². The Kier molecular flexibility index (Phi) is 7.27. The quantitative estimate of drug-likeness (QED) is 0.163. The number of phenols is 1. The van der Waals surface area contributed by atoms with Gasteiger partial charge in [0.2, 0.25) is 23.6 Å². The number of allylic oxidation sites excluding steroid dienone is 2. The largest absolute Gasteiger partial charge is 0.503 e. The number of halogens is 1. The van der Waals surface area contributed by atoms with Crippen LogP contribution in [-0.2, 0) is 19.2 Å². The molecule has 2 aliphatic heterocycles. The fourth-order valence-electron chi connectivity index (χ4n) is 7.89. The topological polar surface area (TPSA) is 190 Å². The van der Waals surface area contributed by atoms with Gasteiger partial charge in [0.25, 0.3) is 11.4 Å². The Bertz CT molecular complexity index is 2010. The maximum atomic E-state index is 14.3. The van der Waals surface area contributed by atoms with Crippen molar-refractivity contribution >= 4 is 58.0 Å². The van der Waals surface area contributed by atoms with Gasteiger partial charge in [0, 0.05) is 30.2 Å². The van der Waals surface area contributed by atoms with Crippen LogP contribution in [0.5, 0.6) is 11.5 Å². The molecule has 1 N–H and O–H groups in total. The van der Waals surface area contributed by atoms with E-state index in [-0.39, 0.29) is 52.1 Å². The number of carbonyl (C=O) groups is 4. The number of non-ortho nitro benzene ring substituents is 2. The van der Waals surface area contributed by atoms with E-state index in [4.69, 9.17) is 16.3 Å². The molecule has 3 aromatic carbocycles. The number of nitro groups is 2. The van der Waals surface area contributed by atoms with Gasteiger partial charge in [-0.3, -0.25) is 39.4 Å². The van der Waals surface area contributed by atoms with Gasteiger partial charge in [-0.05, 0) is 48.6 Å². The lowest BCUT2D eigenvalue weighted by atomic mass is 9.57. The highest BCUT2D eigenvalue weighted by Crippen LogP contribution is 2.59. The molecule has 2 aliphatic carbocycles. The summed E-state index contributed by atoms with van der Waals surface area (Å²) in [5.74, 6) is -7.95. The minimum atomic E-state index is -1.01. The first-order valence-corrected chi connectivity index (χ1v) is 15.3. The van der Waals surface area contributed by atoms with Gasteiger partial charge >= 0.3 is 0 Å². The minimum Gasteiger partial charge on any atom is -0.503 e. The highest BCUT2D eigenvalue weighted by Gasteiger charge is 2.62. The molecule has 48 heavy (non-hydrogen) atoms. The van der Waals surface area contributed by atoms with E-state index in [0.717, 1.165) is 21.9 Å². The van der Waals surface area contributed by atoms with Crippen molar-refractivity contribution < 1.29 is 38.9 Å². The summed E-state index contributed by atoms with van der Waals surface area (Å²) in [6.45, 7) is 0. The summed E-state index contributed by atoms with van der Waals surface area (Å²) in [4.78, 5) is 79.9. The summed E-state index contributed by atoms with van der Waals surface area (Å²) >= 11 is 6.40. The van der Waals surface area contributed by atoms with Crippen LogP contribution >= 0.6 is 11.6 Å². The van der Waals surface area contributed by atoms with Crippen molar-refractivity contribution in [2.45, 2.75) is 18.8 Å². The molecule has 4 amide bonds. The van der Waals surface area contributed by atoms with Gasteiger partial charge in [-0.2, -0.15) is 0 Å². The summed E-state index contributed by atoms with van der Waals surface area (Å²) in [6.07, 6.45) is 1.95. The van der Waals surface area contributed by atoms with E-state index < -0.39 is 69.0 Å². The van der Waals surface area contributed by atoms with Crippen molar-refractivity contribution in [1.29, 1.82) is 0 Å². The number of rotatable bonds is 6. The van der Waals surface area contributed by atoms with Gasteiger partial charge in [-0.1, -0.05) is 35.4 Å². The van der Waals surface area contributed by atoms with E-state index in [2.05, 4.69) is 0 Å². The van der Waals surface area contributed by atoms with Gasteiger partial charge in [0.15, 0.2) is 11.5 Å². The number of carbonyl (C=O) groups excluding carboxylic acids is 4. The van der Waals surface area contributed by atoms with Gasteiger partial charge < -0.3 is 9.84 Å². The molecule has 244 valence electrons. The summed E-state index contributed by atoms with van der Waals surface area (Å²) in [7, 11) is 1.33. The van der Waals surface area contributed by atoms with Crippen LogP contribution in [0.15, 0.2) is 72.3 Å². The van der Waals surface area contributed by atoms with Crippen molar-refractivity contribution in [3.8, 4) is 11.5 Å². The highest BCUT2D eigenvalue weighted by atomic mass is 35.5. The second-order valence-electron chi connectivity index (χ2n) is 12.2. The number of benzene rings is 3. The fraction of sp³-hybridized carbons (Fsp3) is 0.273. The third-order valence-corrected chi connectivity index (χ3v) is 10.2. The highest BCUT2D eigenvalue weighted by molar-refractivity contribution is 6.32. The van der Waals surface area contributed by atoms with Crippen LogP contribution in [0.1, 0.15) is 24.3 Å². The minimum absolute atomic E-state index is 0.0155. The Morgan fingerprint density at radius 2 is 1.35 bits per heavy atom. The molecule has 14 nitrogen and oxygen atoms in total. The number of nitrogens with zero attached hydrogens (tertiary/aromatic N) is 4. The van der Waals surface area contributed by atoms with Crippen LogP contribution in [0.3, 0.4) is 0 Å². The predicted molar refractivity (Wildman–Crippen MR) is 168 cm³/mol.